The molecule has 2 aromatic heterocycles. The third-order valence-electron chi connectivity index (χ3n) is 4.82. The fourth-order valence-corrected chi connectivity index (χ4v) is 3.56. The molecule has 0 spiro atoms. The summed E-state index contributed by atoms with van der Waals surface area (Å²) in [5.41, 5.74) is 1.29. The maximum absolute atomic E-state index is 12.7. The number of aromatic nitrogens is 4. The number of nitrogens with one attached hydrogen (secondary N) is 2. The van der Waals surface area contributed by atoms with Crippen LogP contribution in [0, 0.1) is 0 Å². The highest BCUT2D eigenvalue weighted by Gasteiger charge is 2.34. The topological polar surface area (TPSA) is 95.9 Å². The van der Waals surface area contributed by atoms with Crippen molar-refractivity contribution in [1.82, 2.24) is 30.2 Å². The van der Waals surface area contributed by atoms with Crippen molar-refractivity contribution >= 4 is 11.8 Å². The highest BCUT2D eigenvalue weighted by molar-refractivity contribution is 5.93. The number of nitrogens with zero attached hydrogens (tertiary/aromatic N) is 4. The third-order valence-corrected chi connectivity index (χ3v) is 4.82. The van der Waals surface area contributed by atoms with Gasteiger partial charge in [-0.1, -0.05) is 12.8 Å². The summed E-state index contributed by atoms with van der Waals surface area (Å²) < 4.78 is 1.74. The van der Waals surface area contributed by atoms with E-state index in [1.165, 1.54) is 0 Å². The summed E-state index contributed by atoms with van der Waals surface area (Å²) in [6, 6.07) is 3.25. The Kier molecular flexibility index (Phi) is 3.79. The highest BCUT2D eigenvalue weighted by atomic mass is 16.2. The molecule has 1 aliphatic heterocycles. The summed E-state index contributed by atoms with van der Waals surface area (Å²) in [7, 11) is 0. The van der Waals surface area contributed by atoms with E-state index in [0.717, 1.165) is 31.4 Å². The van der Waals surface area contributed by atoms with Gasteiger partial charge < -0.3 is 10.2 Å². The Morgan fingerprint density at radius 1 is 1.21 bits per heavy atom. The second-order valence-corrected chi connectivity index (χ2v) is 6.43. The Hall–Kier alpha value is -2.64. The van der Waals surface area contributed by atoms with Gasteiger partial charge in [-0.2, -0.15) is 10.2 Å². The Morgan fingerprint density at radius 3 is 2.79 bits per heavy atom. The molecule has 0 unspecified atom stereocenters. The van der Waals surface area contributed by atoms with E-state index >= 15 is 0 Å². The average molecular weight is 328 g/mol. The Balaban J connectivity index is 1.54. The predicted octanol–water partition coefficient (Wildman–Crippen LogP) is 0.862. The van der Waals surface area contributed by atoms with Crippen LogP contribution in [0.15, 0.2) is 24.5 Å². The molecule has 2 aliphatic rings. The smallest absolute Gasteiger partial charge is 0.272 e. The Labute approximate surface area is 139 Å². The number of hydrogen-bond acceptors (Lipinski definition) is 4. The fourth-order valence-electron chi connectivity index (χ4n) is 3.56. The maximum Gasteiger partial charge on any atom is 0.272 e. The molecule has 24 heavy (non-hydrogen) atoms. The first-order valence-corrected chi connectivity index (χ1v) is 8.34. The lowest BCUT2D eigenvalue weighted by molar-refractivity contribution is -0.126. The quantitative estimate of drug-likeness (QED) is 0.873. The molecule has 0 saturated heterocycles. The van der Waals surface area contributed by atoms with Crippen LogP contribution in [-0.2, 0) is 11.3 Å². The lowest BCUT2D eigenvalue weighted by atomic mass is 10.1. The zero-order valence-corrected chi connectivity index (χ0v) is 13.3. The van der Waals surface area contributed by atoms with Crippen LogP contribution in [0.2, 0.25) is 0 Å². The van der Waals surface area contributed by atoms with Crippen LogP contribution in [0.25, 0.3) is 0 Å². The summed E-state index contributed by atoms with van der Waals surface area (Å²) in [5, 5.41) is 13.9. The van der Waals surface area contributed by atoms with Gasteiger partial charge in [-0.05, 0) is 25.0 Å². The molecule has 2 amide bonds. The molecule has 0 bridgehead atoms. The number of carbonyl (C=O) groups excluding carboxylic acids is 2. The van der Waals surface area contributed by atoms with E-state index in [1.807, 2.05) is 6.07 Å². The van der Waals surface area contributed by atoms with Crippen LogP contribution >= 0.6 is 0 Å². The van der Waals surface area contributed by atoms with Gasteiger partial charge in [-0.25, -0.2) is 0 Å². The largest absolute Gasteiger partial charge is 0.351 e. The number of hydrogen-bond donors (Lipinski definition) is 2. The standard InChI is InChI=1S/C16H20N6O2/c23-15(19-11-3-1-2-4-11)14-10-21(9-12-5-8-18-22(12)14)16(24)13-6-7-17-20-13/h5-8,11,14H,1-4,9-10H2,(H,17,20)(H,19,23)/t14-/m1/s1. The number of amides is 2. The van der Waals surface area contributed by atoms with Gasteiger partial charge in [0.15, 0.2) is 0 Å². The number of rotatable bonds is 3. The Bertz CT molecular complexity index is 732. The minimum atomic E-state index is -0.490. The minimum Gasteiger partial charge on any atom is -0.351 e. The van der Waals surface area contributed by atoms with E-state index in [-0.39, 0.29) is 17.9 Å². The summed E-state index contributed by atoms with van der Waals surface area (Å²) in [6.45, 7) is 0.746. The van der Waals surface area contributed by atoms with Crippen molar-refractivity contribution in [3.63, 3.8) is 0 Å². The second-order valence-electron chi connectivity index (χ2n) is 6.43. The molecular weight excluding hydrogens is 308 g/mol. The molecule has 1 atom stereocenters. The van der Waals surface area contributed by atoms with Crippen molar-refractivity contribution in [2.45, 2.75) is 44.3 Å². The van der Waals surface area contributed by atoms with E-state index in [0.29, 0.717) is 18.8 Å². The van der Waals surface area contributed by atoms with Crippen molar-refractivity contribution in [3.8, 4) is 0 Å². The summed E-state index contributed by atoms with van der Waals surface area (Å²) >= 11 is 0. The van der Waals surface area contributed by atoms with Crippen molar-refractivity contribution in [3.05, 3.63) is 35.9 Å². The highest BCUT2D eigenvalue weighted by Crippen LogP contribution is 2.24. The molecule has 126 valence electrons. The van der Waals surface area contributed by atoms with Gasteiger partial charge in [0.05, 0.1) is 18.8 Å². The zero-order chi connectivity index (χ0) is 16.5. The number of H-pyrrole nitrogens is 1. The van der Waals surface area contributed by atoms with E-state index in [2.05, 4.69) is 20.6 Å². The molecule has 4 rings (SSSR count). The van der Waals surface area contributed by atoms with Crippen LogP contribution in [0.5, 0.6) is 0 Å². The second kappa shape index (κ2) is 6.10. The van der Waals surface area contributed by atoms with E-state index < -0.39 is 6.04 Å². The van der Waals surface area contributed by atoms with Crippen molar-refractivity contribution in [2.24, 2.45) is 0 Å². The molecule has 1 saturated carbocycles. The van der Waals surface area contributed by atoms with Gasteiger partial charge in [0.25, 0.3) is 5.91 Å². The molecule has 1 fully saturated rings. The van der Waals surface area contributed by atoms with E-state index in [1.54, 1.807) is 28.0 Å². The average Bonchev–Trinajstić information content (AvgIpc) is 3.33. The summed E-state index contributed by atoms with van der Waals surface area (Å²) in [6.07, 6.45) is 7.60. The van der Waals surface area contributed by atoms with Crippen LogP contribution < -0.4 is 5.32 Å². The summed E-state index contributed by atoms with van der Waals surface area (Å²) in [4.78, 5) is 27.0. The lowest BCUT2D eigenvalue weighted by Crippen LogP contribution is -2.48. The van der Waals surface area contributed by atoms with Gasteiger partial charge in [0.2, 0.25) is 5.91 Å². The van der Waals surface area contributed by atoms with Gasteiger partial charge in [0.1, 0.15) is 11.7 Å². The molecule has 2 aromatic rings. The van der Waals surface area contributed by atoms with Gasteiger partial charge in [0, 0.05) is 18.4 Å². The van der Waals surface area contributed by atoms with Gasteiger partial charge in [-0.3, -0.25) is 19.4 Å². The zero-order valence-electron chi connectivity index (χ0n) is 13.3. The lowest BCUT2D eigenvalue weighted by Gasteiger charge is -2.33. The van der Waals surface area contributed by atoms with Gasteiger partial charge in [-0.15, -0.1) is 0 Å². The fraction of sp³-hybridized carbons (Fsp3) is 0.500. The molecule has 2 N–H and O–H groups in total. The number of aromatic amines is 1. The monoisotopic (exact) mass is 328 g/mol. The number of fused-ring (bicyclic) bond motifs is 1. The first kappa shape index (κ1) is 14.9. The first-order chi connectivity index (χ1) is 11.7. The van der Waals surface area contributed by atoms with Crippen LogP contribution in [0.4, 0.5) is 0 Å². The minimum absolute atomic E-state index is 0.0611. The van der Waals surface area contributed by atoms with Crippen LogP contribution in [0.1, 0.15) is 47.9 Å². The molecule has 8 nitrogen and oxygen atoms in total. The molecule has 8 heteroatoms. The summed E-state index contributed by atoms with van der Waals surface area (Å²) in [5.74, 6) is -0.215. The first-order valence-electron chi connectivity index (χ1n) is 8.34. The van der Waals surface area contributed by atoms with Gasteiger partial charge >= 0.3 is 0 Å². The van der Waals surface area contributed by atoms with Crippen molar-refractivity contribution in [1.29, 1.82) is 0 Å². The van der Waals surface area contributed by atoms with Crippen molar-refractivity contribution < 1.29 is 9.59 Å². The molecule has 0 radical (unpaired) electrons. The molecule has 1 aliphatic carbocycles. The molecule has 3 heterocycles. The molecular formula is C16H20N6O2. The Morgan fingerprint density at radius 2 is 2.04 bits per heavy atom. The maximum atomic E-state index is 12.7. The normalized spacial score (nSPS) is 20.8. The number of carbonyl (C=O) groups is 2. The van der Waals surface area contributed by atoms with Crippen LogP contribution in [0.3, 0.4) is 0 Å². The predicted molar refractivity (Wildman–Crippen MR) is 85.0 cm³/mol. The molecule has 0 aromatic carbocycles. The van der Waals surface area contributed by atoms with E-state index in [9.17, 15) is 9.59 Å². The SMILES string of the molecule is O=C(NC1CCCC1)[C@H]1CN(C(=O)c2ccn[nH]2)Cc2ccnn21. The van der Waals surface area contributed by atoms with E-state index in [4.69, 9.17) is 0 Å². The third kappa shape index (κ3) is 2.68. The van der Waals surface area contributed by atoms with Crippen molar-refractivity contribution in [2.75, 3.05) is 6.54 Å². The van der Waals surface area contributed by atoms with Crippen LogP contribution in [-0.4, -0.2) is 49.3 Å².